The van der Waals surface area contributed by atoms with Crippen LogP contribution >= 0.6 is 11.6 Å². The lowest BCUT2D eigenvalue weighted by molar-refractivity contribution is -0.146. The van der Waals surface area contributed by atoms with Gasteiger partial charge in [-0.3, -0.25) is 4.79 Å². The number of unbranched alkanes of at least 4 members (excludes halogenated alkanes) is 7. The van der Waals surface area contributed by atoms with Crippen molar-refractivity contribution in [1.82, 2.24) is 9.97 Å². The SMILES string of the molecule is CCCCCCCCCCNc1nc(C(C)OC(C)=O)nc(OCC)c1Cl. The molecule has 1 aromatic rings. The molecule has 0 spiro atoms. The van der Waals surface area contributed by atoms with E-state index in [1.165, 1.54) is 51.9 Å². The summed E-state index contributed by atoms with van der Waals surface area (Å²) >= 11 is 6.36. The van der Waals surface area contributed by atoms with Gasteiger partial charge >= 0.3 is 5.97 Å². The Morgan fingerprint density at radius 2 is 1.70 bits per heavy atom. The molecule has 0 bridgehead atoms. The molecule has 0 amide bonds. The fraction of sp³-hybridized carbons (Fsp3) is 0.750. The van der Waals surface area contributed by atoms with E-state index in [-0.39, 0.29) is 5.97 Å². The van der Waals surface area contributed by atoms with Gasteiger partial charge in [0, 0.05) is 13.5 Å². The Bertz CT molecular complexity index is 570. The number of nitrogens with one attached hydrogen (secondary N) is 1. The van der Waals surface area contributed by atoms with Crippen molar-refractivity contribution < 1.29 is 14.3 Å². The molecule has 0 aromatic carbocycles. The van der Waals surface area contributed by atoms with Crippen molar-refractivity contribution in [3.05, 3.63) is 10.8 Å². The third-order valence-electron chi connectivity index (χ3n) is 4.15. The number of rotatable bonds is 14. The molecular formula is C20H34ClN3O3. The molecule has 7 heteroatoms. The molecule has 0 aliphatic carbocycles. The minimum absolute atomic E-state index is 0.307. The van der Waals surface area contributed by atoms with E-state index in [1.54, 1.807) is 6.92 Å². The first-order valence-corrected chi connectivity index (χ1v) is 10.5. The van der Waals surface area contributed by atoms with Crippen LogP contribution in [-0.4, -0.2) is 29.1 Å². The zero-order valence-electron chi connectivity index (χ0n) is 17.1. The summed E-state index contributed by atoms with van der Waals surface area (Å²) < 4.78 is 10.7. The Kier molecular flexibility index (Phi) is 11.8. The third-order valence-corrected chi connectivity index (χ3v) is 4.49. The van der Waals surface area contributed by atoms with Gasteiger partial charge in [-0.25, -0.2) is 4.98 Å². The van der Waals surface area contributed by atoms with Gasteiger partial charge in [-0.2, -0.15) is 4.98 Å². The number of aromatic nitrogens is 2. The highest BCUT2D eigenvalue weighted by Crippen LogP contribution is 2.31. The van der Waals surface area contributed by atoms with E-state index in [1.807, 2.05) is 6.92 Å². The summed E-state index contributed by atoms with van der Waals surface area (Å²) in [6.07, 6.45) is 9.50. The highest BCUT2D eigenvalue weighted by atomic mass is 35.5. The number of carbonyl (C=O) groups excluding carboxylic acids is 1. The number of ether oxygens (including phenoxy) is 2. The molecule has 1 unspecified atom stereocenters. The Morgan fingerprint density at radius 3 is 2.30 bits per heavy atom. The number of hydrogen-bond donors (Lipinski definition) is 1. The number of esters is 1. The van der Waals surface area contributed by atoms with Gasteiger partial charge in [0.1, 0.15) is 5.02 Å². The fourth-order valence-electron chi connectivity index (χ4n) is 2.74. The van der Waals surface area contributed by atoms with Gasteiger partial charge in [0.05, 0.1) is 6.61 Å². The van der Waals surface area contributed by atoms with Crippen LogP contribution in [0.4, 0.5) is 5.82 Å². The molecular weight excluding hydrogens is 366 g/mol. The maximum absolute atomic E-state index is 11.2. The van der Waals surface area contributed by atoms with Crippen LogP contribution in [0.15, 0.2) is 0 Å². The Balaban J connectivity index is 2.57. The molecule has 0 radical (unpaired) electrons. The second-order valence-corrected chi connectivity index (χ2v) is 7.01. The maximum atomic E-state index is 11.2. The van der Waals surface area contributed by atoms with Crippen molar-refractivity contribution in [2.45, 2.75) is 85.2 Å². The van der Waals surface area contributed by atoms with Gasteiger partial charge in [-0.1, -0.05) is 63.5 Å². The quantitative estimate of drug-likeness (QED) is 0.319. The highest BCUT2D eigenvalue weighted by Gasteiger charge is 2.19. The average molecular weight is 400 g/mol. The fourth-order valence-corrected chi connectivity index (χ4v) is 2.95. The van der Waals surface area contributed by atoms with Crippen LogP contribution < -0.4 is 10.1 Å². The van der Waals surface area contributed by atoms with E-state index in [0.717, 1.165) is 13.0 Å². The van der Waals surface area contributed by atoms with Gasteiger partial charge < -0.3 is 14.8 Å². The Morgan fingerprint density at radius 1 is 1.07 bits per heavy atom. The minimum atomic E-state index is -0.567. The Labute approximate surface area is 168 Å². The van der Waals surface area contributed by atoms with Gasteiger partial charge in [-0.05, 0) is 20.3 Å². The first-order chi connectivity index (χ1) is 13.0. The van der Waals surface area contributed by atoms with E-state index < -0.39 is 6.10 Å². The summed E-state index contributed by atoms with van der Waals surface area (Å²) in [5.74, 6) is 0.817. The number of halogens is 1. The van der Waals surface area contributed by atoms with Crippen molar-refractivity contribution >= 4 is 23.4 Å². The standard InChI is InChI=1S/C20H34ClN3O3/c1-5-7-8-9-10-11-12-13-14-22-19-17(21)20(26-6-2)24-18(23-19)15(3)27-16(4)25/h15H,5-14H2,1-4H3,(H,22,23,24). The molecule has 0 saturated heterocycles. The van der Waals surface area contributed by atoms with E-state index >= 15 is 0 Å². The first kappa shape index (κ1) is 23.5. The summed E-state index contributed by atoms with van der Waals surface area (Å²) in [4.78, 5) is 19.9. The van der Waals surface area contributed by atoms with Crippen LogP contribution in [0.3, 0.4) is 0 Å². The molecule has 0 fully saturated rings. The van der Waals surface area contributed by atoms with E-state index in [4.69, 9.17) is 21.1 Å². The molecule has 1 aromatic heterocycles. The number of anilines is 1. The lowest BCUT2D eigenvalue weighted by Gasteiger charge is -2.16. The van der Waals surface area contributed by atoms with Crippen LogP contribution in [0, 0.1) is 0 Å². The molecule has 1 atom stereocenters. The zero-order chi connectivity index (χ0) is 20.1. The lowest BCUT2D eigenvalue weighted by Crippen LogP contribution is -2.13. The van der Waals surface area contributed by atoms with Crippen LogP contribution in [0.2, 0.25) is 5.02 Å². The van der Waals surface area contributed by atoms with Crippen LogP contribution in [0.25, 0.3) is 0 Å². The number of carbonyl (C=O) groups is 1. The van der Waals surface area contributed by atoms with Crippen molar-refractivity contribution in [3.63, 3.8) is 0 Å². The van der Waals surface area contributed by atoms with Crippen LogP contribution in [0.5, 0.6) is 5.88 Å². The molecule has 154 valence electrons. The molecule has 1 heterocycles. The van der Waals surface area contributed by atoms with Crippen molar-refractivity contribution in [2.75, 3.05) is 18.5 Å². The van der Waals surface area contributed by atoms with Crippen molar-refractivity contribution in [3.8, 4) is 5.88 Å². The third kappa shape index (κ3) is 9.27. The van der Waals surface area contributed by atoms with Gasteiger partial charge in [0.15, 0.2) is 17.7 Å². The summed E-state index contributed by atoms with van der Waals surface area (Å²) in [6.45, 7) is 8.40. The van der Waals surface area contributed by atoms with Crippen LogP contribution in [0.1, 0.15) is 91.0 Å². The normalized spacial score (nSPS) is 11.9. The molecule has 0 saturated carbocycles. The second-order valence-electron chi connectivity index (χ2n) is 6.64. The largest absolute Gasteiger partial charge is 0.477 e. The predicted octanol–water partition coefficient (Wildman–Crippen LogP) is 5.71. The summed E-state index contributed by atoms with van der Waals surface area (Å²) in [7, 11) is 0. The topological polar surface area (TPSA) is 73.3 Å². The molecule has 1 N–H and O–H groups in total. The molecule has 27 heavy (non-hydrogen) atoms. The van der Waals surface area contributed by atoms with E-state index in [2.05, 4.69) is 22.2 Å². The first-order valence-electron chi connectivity index (χ1n) is 10.1. The minimum Gasteiger partial charge on any atom is -0.477 e. The second kappa shape index (κ2) is 13.6. The monoisotopic (exact) mass is 399 g/mol. The lowest BCUT2D eigenvalue weighted by atomic mass is 10.1. The number of hydrogen-bond acceptors (Lipinski definition) is 6. The number of nitrogens with zero attached hydrogens (tertiary/aromatic N) is 2. The zero-order valence-corrected chi connectivity index (χ0v) is 17.9. The Hall–Kier alpha value is -1.56. The molecule has 0 aliphatic rings. The van der Waals surface area contributed by atoms with E-state index in [9.17, 15) is 4.79 Å². The van der Waals surface area contributed by atoms with Crippen molar-refractivity contribution in [1.29, 1.82) is 0 Å². The van der Waals surface area contributed by atoms with Gasteiger partial charge in [0.25, 0.3) is 0 Å². The molecule has 1 rings (SSSR count). The summed E-state index contributed by atoms with van der Waals surface area (Å²) in [5.41, 5.74) is 0. The summed E-state index contributed by atoms with van der Waals surface area (Å²) in [6, 6.07) is 0. The predicted molar refractivity (Wildman–Crippen MR) is 109 cm³/mol. The molecule has 0 aliphatic heterocycles. The average Bonchev–Trinajstić information content (AvgIpc) is 2.62. The molecule has 6 nitrogen and oxygen atoms in total. The van der Waals surface area contributed by atoms with E-state index in [0.29, 0.717) is 29.2 Å². The van der Waals surface area contributed by atoms with Gasteiger partial charge in [-0.15, -0.1) is 0 Å². The smallest absolute Gasteiger partial charge is 0.303 e. The van der Waals surface area contributed by atoms with Gasteiger partial charge in [0.2, 0.25) is 5.88 Å². The summed E-state index contributed by atoms with van der Waals surface area (Å²) in [5, 5.41) is 3.62. The van der Waals surface area contributed by atoms with Crippen LogP contribution in [-0.2, 0) is 9.53 Å². The maximum Gasteiger partial charge on any atom is 0.303 e. The highest BCUT2D eigenvalue weighted by molar-refractivity contribution is 6.34. The van der Waals surface area contributed by atoms with Crippen molar-refractivity contribution in [2.24, 2.45) is 0 Å².